The van der Waals surface area contributed by atoms with Gasteiger partial charge in [0.05, 0.1) is 12.2 Å². The third-order valence-electron chi connectivity index (χ3n) is 3.49. The Bertz CT molecular complexity index is 527. The monoisotopic (exact) mass is 277 g/mol. The molecule has 0 aromatic heterocycles. The molecule has 0 saturated heterocycles. The van der Waals surface area contributed by atoms with Crippen molar-refractivity contribution in [2.24, 2.45) is 5.92 Å². The highest BCUT2D eigenvalue weighted by Crippen LogP contribution is 2.35. The van der Waals surface area contributed by atoms with Crippen LogP contribution in [0.3, 0.4) is 0 Å². The van der Waals surface area contributed by atoms with E-state index >= 15 is 0 Å². The average Bonchev–Trinajstić information content (AvgIpc) is 2.45. The number of para-hydroxylation sites is 1. The van der Waals surface area contributed by atoms with Crippen molar-refractivity contribution in [1.82, 2.24) is 0 Å². The van der Waals surface area contributed by atoms with Crippen LogP contribution < -0.4 is 9.64 Å². The first-order valence-corrected chi connectivity index (χ1v) is 6.86. The minimum absolute atomic E-state index is 0.0268. The Balaban J connectivity index is 2.36. The van der Waals surface area contributed by atoms with Crippen LogP contribution in [0.4, 0.5) is 5.69 Å². The molecule has 1 heterocycles. The number of rotatable bonds is 4. The number of aromatic carboxylic acids is 1. The summed E-state index contributed by atoms with van der Waals surface area (Å²) in [5.74, 6) is -0.792. The van der Waals surface area contributed by atoms with Gasteiger partial charge in [0.25, 0.3) is 0 Å². The average molecular weight is 277 g/mol. The molecule has 1 amide bonds. The minimum atomic E-state index is -1.04. The zero-order valence-electron chi connectivity index (χ0n) is 11.8. The predicted molar refractivity (Wildman–Crippen MR) is 75.3 cm³/mol. The summed E-state index contributed by atoms with van der Waals surface area (Å²) in [4.78, 5) is 25.3. The second kappa shape index (κ2) is 5.94. The molecule has 5 nitrogen and oxygen atoms in total. The van der Waals surface area contributed by atoms with Gasteiger partial charge >= 0.3 is 5.97 Å². The summed E-state index contributed by atoms with van der Waals surface area (Å²) in [6, 6.07) is 4.86. The summed E-state index contributed by atoms with van der Waals surface area (Å²) in [6.07, 6.45) is 1.77. The molecule has 1 N–H and O–H groups in total. The van der Waals surface area contributed by atoms with Crippen LogP contribution in [0.5, 0.6) is 5.75 Å². The van der Waals surface area contributed by atoms with E-state index in [-0.39, 0.29) is 17.4 Å². The molecule has 0 fully saturated rings. The lowest BCUT2D eigenvalue weighted by atomic mass is 10.0. The standard InChI is InChI=1S/C15H19NO4/c1-3-5-10(2)14(17)16-8-9-20-13-11(15(18)19)6-4-7-12(13)16/h4,6-7,10H,3,5,8-9H2,1-2H3,(H,18,19). The van der Waals surface area contributed by atoms with E-state index in [1.807, 2.05) is 13.8 Å². The number of fused-ring (bicyclic) bond motifs is 1. The third-order valence-corrected chi connectivity index (χ3v) is 3.49. The molecule has 2 rings (SSSR count). The highest BCUT2D eigenvalue weighted by Gasteiger charge is 2.29. The summed E-state index contributed by atoms with van der Waals surface area (Å²) in [5.41, 5.74) is 0.659. The topological polar surface area (TPSA) is 66.8 Å². The van der Waals surface area contributed by atoms with Crippen molar-refractivity contribution >= 4 is 17.6 Å². The number of hydrogen-bond donors (Lipinski definition) is 1. The number of carbonyl (C=O) groups is 2. The molecule has 1 aromatic rings. The number of carboxylic acids is 1. The van der Waals surface area contributed by atoms with Crippen LogP contribution in [0.15, 0.2) is 18.2 Å². The molecule has 1 unspecified atom stereocenters. The molecule has 0 radical (unpaired) electrons. The van der Waals surface area contributed by atoms with Crippen LogP contribution >= 0.6 is 0 Å². The Morgan fingerprint density at radius 1 is 1.45 bits per heavy atom. The van der Waals surface area contributed by atoms with E-state index in [1.165, 1.54) is 6.07 Å². The van der Waals surface area contributed by atoms with Crippen molar-refractivity contribution in [2.45, 2.75) is 26.7 Å². The molecule has 0 spiro atoms. The first kappa shape index (κ1) is 14.4. The second-order valence-corrected chi connectivity index (χ2v) is 4.99. The van der Waals surface area contributed by atoms with Crippen molar-refractivity contribution in [2.75, 3.05) is 18.1 Å². The number of ether oxygens (including phenoxy) is 1. The number of anilines is 1. The van der Waals surface area contributed by atoms with Crippen LogP contribution in [0.25, 0.3) is 0 Å². The number of amides is 1. The van der Waals surface area contributed by atoms with E-state index in [1.54, 1.807) is 17.0 Å². The number of hydrogen-bond acceptors (Lipinski definition) is 3. The zero-order valence-corrected chi connectivity index (χ0v) is 11.8. The van der Waals surface area contributed by atoms with Gasteiger partial charge in [-0.3, -0.25) is 4.79 Å². The van der Waals surface area contributed by atoms with E-state index in [9.17, 15) is 14.7 Å². The van der Waals surface area contributed by atoms with Crippen LogP contribution in [0, 0.1) is 5.92 Å². The summed E-state index contributed by atoms with van der Waals surface area (Å²) in [7, 11) is 0. The Labute approximate surface area is 118 Å². The lowest BCUT2D eigenvalue weighted by Gasteiger charge is -2.32. The summed E-state index contributed by atoms with van der Waals surface area (Å²) in [5, 5.41) is 9.18. The fraction of sp³-hybridized carbons (Fsp3) is 0.467. The van der Waals surface area contributed by atoms with E-state index in [0.717, 1.165) is 12.8 Å². The van der Waals surface area contributed by atoms with Gasteiger partial charge in [-0.15, -0.1) is 0 Å². The van der Waals surface area contributed by atoms with Crippen LogP contribution in [0.1, 0.15) is 37.0 Å². The highest BCUT2D eigenvalue weighted by atomic mass is 16.5. The number of benzene rings is 1. The quantitative estimate of drug-likeness (QED) is 0.918. The van der Waals surface area contributed by atoms with Crippen LogP contribution in [0.2, 0.25) is 0 Å². The predicted octanol–water partition coefficient (Wildman–Crippen LogP) is 2.55. The van der Waals surface area contributed by atoms with E-state index in [4.69, 9.17) is 4.74 Å². The first-order valence-electron chi connectivity index (χ1n) is 6.86. The molecule has 5 heteroatoms. The van der Waals surface area contributed by atoms with Gasteiger partial charge in [0.2, 0.25) is 5.91 Å². The van der Waals surface area contributed by atoms with E-state index < -0.39 is 5.97 Å². The fourth-order valence-electron chi connectivity index (χ4n) is 2.47. The third kappa shape index (κ3) is 2.61. The van der Waals surface area contributed by atoms with Crippen molar-refractivity contribution < 1.29 is 19.4 Å². The van der Waals surface area contributed by atoms with Gasteiger partial charge < -0.3 is 14.7 Å². The van der Waals surface area contributed by atoms with E-state index in [2.05, 4.69) is 0 Å². The molecule has 0 bridgehead atoms. The van der Waals surface area contributed by atoms with Gasteiger partial charge in [-0.25, -0.2) is 4.79 Å². The lowest BCUT2D eigenvalue weighted by Crippen LogP contribution is -2.41. The Morgan fingerprint density at radius 3 is 2.85 bits per heavy atom. The van der Waals surface area contributed by atoms with Gasteiger partial charge in [-0.05, 0) is 18.6 Å². The maximum Gasteiger partial charge on any atom is 0.339 e. The SMILES string of the molecule is CCCC(C)C(=O)N1CCOc2c(C(=O)O)cccc21. The zero-order chi connectivity index (χ0) is 14.7. The Hall–Kier alpha value is -2.04. The van der Waals surface area contributed by atoms with Crippen LogP contribution in [-0.2, 0) is 4.79 Å². The fourth-order valence-corrected chi connectivity index (χ4v) is 2.47. The van der Waals surface area contributed by atoms with Crippen molar-refractivity contribution in [3.63, 3.8) is 0 Å². The molecular formula is C15H19NO4. The molecule has 0 saturated carbocycles. The van der Waals surface area contributed by atoms with Gasteiger partial charge in [0, 0.05) is 5.92 Å². The molecule has 0 aliphatic carbocycles. The number of nitrogens with zero attached hydrogens (tertiary/aromatic N) is 1. The Kier molecular flexibility index (Phi) is 4.27. The molecule has 1 aliphatic rings. The van der Waals surface area contributed by atoms with E-state index in [0.29, 0.717) is 24.6 Å². The van der Waals surface area contributed by atoms with Gasteiger partial charge in [-0.1, -0.05) is 26.3 Å². The summed E-state index contributed by atoms with van der Waals surface area (Å²) < 4.78 is 5.46. The second-order valence-electron chi connectivity index (χ2n) is 4.99. The molecule has 20 heavy (non-hydrogen) atoms. The first-order chi connectivity index (χ1) is 9.56. The smallest absolute Gasteiger partial charge is 0.339 e. The molecule has 108 valence electrons. The maximum atomic E-state index is 12.5. The largest absolute Gasteiger partial charge is 0.489 e. The van der Waals surface area contributed by atoms with Gasteiger partial charge in [0.15, 0.2) is 5.75 Å². The normalized spacial score (nSPS) is 15.2. The maximum absolute atomic E-state index is 12.5. The highest BCUT2D eigenvalue weighted by molar-refractivity contribution is 6.00. The van der Waals surface area contributed by atoms with Crippen molar-refractivity contribution in [3.8, 4) is 5.75 Å². The van der Waals surface area contributed by atoms with Crippen LogP contribution in [-0.4, -0.2) is 30.1 Å². The summed E-state index contributed by atoms with van der Waals surface area (Å²) >= 11 is 0. The molecule has 1 aliphatic heterocycles. The van der Waals surface area contributed by atoms with Gasteiger partial charge in [-0.2, -0.15) is 0 Å². The summed E-state index contributed by atoms with van der Waals surface area (Å²) in [6.45, 7) is 4.73. The van der Waals surface area contributed by atoms with Crippen molar-refractivity contribution in [3.05, 3.63) is 23.8 Å². The van der Waals surface area contributed by atoms with Gasteiger partial charge in [0.1, 0.15) is 12.2 Å². The molecule has 1 atom stereocenters. The Morgan fingerprint density at radius 2 is 2.20 bits per heavy atom. The number of carboxylic acid groups (broad SMARTS) is 1. The molecular weight excluding hydrogens is 258 g/mol. The minimum Gasteiger partial charge on any atom is -0.489 e. The van der Waals surface area contributed by atoms with Crippen molar-refractivity contribution in [1.29, 1.82) is 0 Å². The lowest BCUT2D eigenvalue weighted by molar-refractivity contribution is -0.122. The molecule has 1 aromatic carbocycles. The number of carbonyl (C=O) groups excluding carboxylic acids is 1.